The van der Waals surface area contributed by atoms with E-state index in [1.54, 1.807) is 12.1 Å². The van der Waals surface area contributed by atoms with E-state index in [9.17, 15) is 4.91 Å². The molecular formula is C50H39N3O3. The third kappa shape index (κ3) is 6.98. The Kier molecular flexibility index (Phi) is 10.1. The summed E-state index contributed by atoms with van der Waals surface area (Å²) in [5.41, 5.74) is 14.0. The molecule has 6 nitrogen and oxygen atoms in total. The van der Waals surface area contributed by atoms with Crippen LogP contribution in [-0.4, -0.2) is 0 Å². The van der Waals surface area contributed by atoms with Gasteiger partial charge in [0.2, 0.25) is 0 Å². The maximum absolute atomic E-state index is 11.1. The monoisotopic (exact) mass is 729 g/mol. The normalized spacial score (nSPS) is 11.2. The molecule has 8 aromatic carbocycles. The Morgan fingerprint density at radius 3 is 0.839 bits per heavy atom. The highest BCUT2D eigenvalue weighted by molar-refractivity contribution is 5.73. The second-order valence-electron chi connectivity index (χ2n) is 13.8. The average molecular weight is 730 g/mol. The van der Waals surface area contributed by atoms with Crippen LogP contribution in [0.25, 0.3) is 44.5 Å². The van der Waals surface area contributed by atoms with Gasteiger partial charge in [-0.1, -0.05) is 163 Å². The van der Waals surface area contributed by atoms with Gasteiger partial charge in [-0.3, -0.25) is 0 Å². The highest BCUT2D eigenvalue weighted by Gasteiger charge is 2.38. The van der Waals surface area contributed by atoms with E-state index in [1.165, 1.54) is 11.1 Å². The zero-order valence-electron chi connectivity index (χ0n) is 30.8. The predicted molar refractivity (Wildman–Crippen MR) is 226 cm³/mol. The Bertz CT molecular complexity index is 2460. The van der Waals surface area contributed by atoms with Gasteiger partial charge in [-0.25, -0.2) is 0 Å². The van der Waals surface area contributed by atoms with Crippen LogP contribution >= 0.6 is 0 Å². The highest BCUT2D eigenvalue weighted by Crippen LogP contribution is 2.47. The van der Waals surface area contributed by atoms with Crippen molar-refractivity contribution in [2.24, 2.45) is 17.0 Å². The van der Waals surface area contributed by atoms with Gasteiger partial charge < -0.3 is 9.68 Å². The van der Waals surface area contributed by atoms with Gasteiger partial charge in [-0.2, -0.15) is 11.8 Å². The van der Waals surface area contributed by atoms with Crippen molar-refractivity contribution in [2.45, 2.75) is 12.3 Å². The Balaban J connectivity index is 1.32. The number of benzene rings is 8. The van der Waals surface area contributed by atoms with Gasteiger partial charge in [0.05, 0.1) is 5.41 Å². The topological polar surface area (TPSA) is 99.9 Å². The smallest absolute Gasteiger partial charge is 0.146 e. The molecule has 0 bridgehead atoms. The third-order valence-corrected chi connectivity index (χ3v) is 10.6. The number of nitrogens with two attached hydrogens (primary N) is 2. The molecule has 0 aromatic heterocycles. The van der Waals surface area contributed by atoms with Crippen molar-refractivity contribution in [3.05, 3.63) is 227 Å². The summed E-state index contributed by atoms with van der Waals surface area (Å²) in [7, 11) is 0. The van der Waals surface area contributed by atoms with Gasteiger partial charge in [0, 0.05) is 0 Å². The maximum atomic E-state index is 11.1. The first kappa shape index (κ1) is 35.9. The SMILES string of the molecule is Cc1ccc(-c2ccc(C(c3ccc(-c4ccc(N=O)cc4)cc3)(c3ccc(-c4ccc(ON)cc4)cc3)c3ccc(-c4ccc(ON)cc4)cc3)cc2)cc1. The van der Waals surface area contributed by atoms with Crippen molar-refractivity contribution >= 4 is 5.69 Å². The van der Waals surface area contributed by atoms with Crippen LogP contribution in [0.3, 0.4) is 0 Å². The van der Waals surface area contributed by atoms with Crippen molar-refractivity contribution in [3.63, 3.8) is 0 Å². The lowest BCUT2D eigenvalue weighted by atomic mass is 9.64. The van der Waals surface area contributed by atoms with E-state index in [-0.39, 0.29) is 0 Å². The van der Waals surface area contributed by atoms with Crippen LogP contribution in [0.2, 0.25) is 0 Å². The van der Waals surface area contributed by atoms with E-state index < -0.39 is 5.41 Å². The summed E-state index contributed by atoms with van der Waals surface area (Å²) in [6.07, 6.45) is 0. The van der Waals surface area contributed by atoms with Crippen LogP contribution in [0, 0.1) is 11.8 Å². The first-order chi connectivity index (χ1) is 27.5. The molecule has 6 heteroatoms. The lowest BCUT2D eigenvalue weighted by Gasteiger charge is -2.37. The summed E-state index contributed by atoms with van der Waals surface area (Å²) in [5.74, 6) is 12.0. The van der Waals surface area contributed by atoms with Crippen LogP contribution < -0.4 is 21.5 Å². The zero-order chi connectivity index (χ0) is 38.5. The number of nitroso groups, excluding NO2 is 1. The van der Waals surface area contributed by atoms with Crippen molar-refractivity contribution in [1.29, 1.82) is 0 Å². The number of nitrogens with zero attached hydrogens (tertiary/aromatic N) is 1. The second-order valence-corrected chi connectivity index (χ2v) is 13.8. The van der Waals surface area contributed by atoms with Gasteiger partial charge >= 0.3 is 0 Å². The second kappa shape index (κ2) is 15.7. The minimum atomic E-state index is -0.721. The number of hydrogen-bond acceptors (Lipinski definition) is 6. The van der Waals surface area contributed by atoms with Crippen molar-refractivity contribution in [3.8, 4) is 56.0 Å². The molecule has 0 saturated carbocycles. The molecule has 0 spiro atoms. The average Bonchev–Trinajstić information content (AvgIpc) is 3.28. The van der Waals surface area contributed by atoms with Gasteiger partial charge in [-0.05, 0) is 115 Å². The molecule has 0 amide bonds. The fraction of sp³-hybridized carbons (Fsp3) is 0.0400. The van der Waals surface area contributed by atoms with E-state index in [2.05, 4.69) is 133 Å². The largest absolute Gasteiger partial charge is 0.412 e. The van der Waals surface area contributed by atoms with Crippen LogP contribution in [0.4, 0.5) is 5.69 Å². The Morgan fingerprint density at radius 1 is 0.357 bits per heavy atom. The van der Waals surface area contributed by atoms with Gasteiger partial charge in [-0.15, -0.1) is 4.91 Å². The molecule has 0 radical (unpaired) electrons. The summed E-state index contributed by atoms with van der Waals surface area (Å²) in [6.45, 7) is 2.10. The molecule has 0 aliphatic rings. The summed E-state index contributed by atoms with van der Waals surface area (Å²) >= 11 is 0. The zero-order valence-corrected chi connectivity index (χ0v) is 30.8. The molecule has 0 fully saturated rings. The Hall–Kier alpha value is -7.12. The Morgan fingerprint density at radius 2 is 0.589 bits per heavy atom. The Labute approximate surface area is 326 Å². The number of hydrogen-bond donors (Lipinski definition) is 2. The van der Waals surface area contributed by atoms with E-state index >= 15 is 0 Å². The first-order valence-corrected chi connectivity index (χ1v) is 18.4. The van der Waals surface area contributed by atoms with Gasteiger partial charge in [0.25, 0.3) is 0 Å². The predicted octanol–water partition coefficient (Wildman–Crippen LogP) is 11.9. The molecule has 272 valence electrons. The molecule has 0 saturated heterocycles. The van der Waals surface area contributed by atoms with Gasteiger partial charge in [0.1, 0.15) is 17.2 Å². The minimum Gasteiger partial charge on any atom is -0.412 e. The molecule has 8 aromatic rings. The molecule has 0 aliphatic heterocycles. The molecule has 56 heavy (non-hydrogen) atoms. The lowest BCUT2D eigenvalue weighted by molar-refractivity contribution is 0.334. The molecule has 0 atom stereocenters. The minimum absolute atomic E-state index is 0.401. The van der Waals surface area contributed by atoms with Crippen molar-refractivity contribution < 1.29 is 9.68 Å². The molecule has 4 N–H and O–H groups in total. The van der Waals surface area contributed by atoms with Crippen LogP contribution in [-0.2, 0) is 5.41 Å². The maximum Gasteiger partial charge on any atom is 0.146 e. The van der Waals surface area contributed by atoms with Crippen molar-refractivity contribution in [2.75, 3.05) is 0 Å². The van der Waals surface area contributed by atoms with Crippen molar-refractivity contribution in [1.82, 2.24) is 0 Å². The molecular weight excluding hydrogens is 691 g/mol. The first-order valence-electron chi connectivity index (χ1n) is 18.4. The molecule has 0 unspecified atom stereocenters. The quantitative estimate of drug-likeness (QED) is 0.0784. The number of aryl methyl sites for hydroxylation is 1. The van der Waals surface area contributed by atoms with Crippen LogP contribution in [0.15, 0.2) is 199 Å². The molecule has 0 heterocycles. The summed E-state index contributed by atoms with van der Waals surface area (Å²) in [6, 6.07) is 66.8. The van der Waals surface area contributed by atoms with E-state index in [0.29, 0.717) is 17.2 Å². The molecule has 0 aliphatic carbocycles. The van der Waals surface area contributed by atoms with Gasteiger partial charge in [0.15, 0.2) is 0 Å². The highest BCUT2D eigenvalue weighted by atomic mass is 16.6. The lowest BCUT2D eigenvalue weighted by Crippen LogP contribution is -2.31. The third-order valence-electron chi connectivity index (χ3n) is 10.6. The standard InChI is InChI=1S/C50H39N3O3/c1-34-2-4-35(5-3-34)36-6-20-43(21-7-36)50(44-22-8-37(9-23-44)40-14-28-47(53-54)29-15-40,45-24-10-38(11-25-45)41-16-30-48(55-51)31-17-41)46-26-12-39(13-27-46)42-18-32-49(56-52)33-19-42/h2-33H,51-52H2,1H3. The van der Waals surface area contributed by atoms with E-state index in [1.807, 2.05) is 60.7 Å². The summed E-state index contributed by atoms with van der Waals surface area (Å²) < 4.78 is 0. The van der Waals surface area contributed by atoms with Crippen LogP contribution in [0.1, 0.15) is 27.8 Å². The number of rotatable bonds is 11. The fourth-order valence-corrected chi connectivity index (χ4v) is 7.56. The van der Waals surface area contributed by atoms with E-state index in [4.69, 9.17) is 21.5 Å². The van der Waals surface area contributed by atoms with E-state index in [0.717, 1.165) is 61.2 Å². The fourth-order valence-electron chi connectivity index (χ4n) is 7.56. The molecule has 8 rings (SSSR count). The van der Waals surface area contributed by atoms with Crippen LogP contribution in [0.5, 0.6) is 11.5 Å². The summed E-state index contributed by atoms with van der Waals surface area (Å²) in [5, 5.41) is 3.08. The summed E-state index contributed by atoms with van der Waals surface area (Å²) in [4.78, 5) is 21.0.